The second kappa shape index (κ2) is 4.36. The van der Waals surface area contributed by atoms with Crippen molar-refractivity contribution in [1.29, 1.82) is 0 Å². The highest BCUT2D eigenvalue weighted by atomic mass is 127. The van der Waals surface area contributed by atoms with Crippen LogP contribution < -0.4 is 5.43 Å². The molecule has 0 atom stereocenters. The van der Waals surface area contributed by atoms with Crippen molar-refractivity contribution in [1.82, 2.24) is 14.8 Å². The maximum absolute atomic E-state index is 12.2. The van der Waals surface area contributed by atoms with Gasteiger partial charge in [-0.05, 0) is 34.7 Å². The van der Waals surface area contributed by atoms with Crippen molar-refractivity contribution in [3.8, 4) is 5.88 Å². The van der Waals surface area contributed by atoms with Gasteiger partial charge in [0, 0.05) is 0 Å². The van der Waals surface area contributed by atoms with Crippen LogP contribution in [-0.2, 0) is 0 Å². The van der Waals surface area contributed by atoms with Gasteiger partial charge in [-0.3, -0.25) is 4.79 Å². The lowest BCUT2D eigenvalue weighted by molar-refractivity contribution is 0.542. The molecule has 0 fully saturated rings. The lowest BCUT2D eigenvalue weighted by Gasteiger charge is -2.05. The summed E-state index contributed by atoms with van der Waals surface area (Å²) in [6.07, 6.45) is 2.83. The minimum absolute atomic E-state index is 0.134. The molecular formula is C11H5ClIN3O2. The van der Waals surface area contributed by atoms with Crippen molar-refractivity contribution in [3.05, 3.63) is 49.7 Å². The van der Waals surface area contributed by atoms with Gasteiger partial charge in [-0.1, -0.05) is 17.7 Å². The zero-order valence-electron chi connectivity index (χ0n) is 8.80. The minimum Gasteiger partial charge on any atom is -0.435 e. The van der Waals surface area contributed by atoms with Crippen LogP contribution in [0.3, 0.4) is 0 Å². The molecule has 0 unspecified atom stereocenters. The average Bonchev–Trinajstić information content (AvgIpc) is 2.88. The van der Waals surface area contributed by atoms with Crippen molar-refractivity contribution in [2.75, 3.05) is 0 Å². The Hall–Kier alpha value is -1.41. The van der Waals surface area contributed by atoms with Crippen molar-refractivity contribution in [2.24, 2.45) is 0 Å². The van der Waals surface area contributed by atoms with E-state index in [1.54, 1.807) is 18.2 Å². The van der Waals surface area contributed by atoms with E-state index in [0.29, 0.717) is 25.4 Å². The third-order valence-electron chi connectivity index (χ3n) is 2.42. The predicted molar refractivity (Wildman–Crippen MR) is 75.1 cm³/mol. The van der Waals surface area contributed by atoms with Crippen LogP contribution in [0.5, 0.6) is 0 Å². The van der Waals surface area contributed by atoms with E-state index in [9.17, 15) is 4.79 Å². The second-order valence-electron chi connectivity index (χ2n) is 3.51. The highest BCUT2D eigenvalue weighted by Gasteiger charge is 2.15. The van der Waals surface area contributed by atoms with Crippen molar-refractivity contribution in [3.63, 3.8) is 0 Å². The van der Waals surface area contributed by atoms with Gasteiger partial charge < -0.3 is 4.42 Å². The van der Waals surface area contributed by atoms with Crippen LogP contribution in [-0.4, -0.2) is 14.8 Å². The second-order valence-corrected chi connectivity index (χ2v) is 4.99. The SMILES string of the molecule is O=c1c(I)c(-n2cncn2)oc2c(Cl)cccc12. The van der Waals surface area contributed by atoms with E-state index >= 15 is 0 Å². The summed E-state index contributed by atoms with van der Waals surface area (Å²) in [5.41, 5.74) is 0.222. The van der Waals surface area contributed by atoms with Crippen LogP contribution >= 0.6 is 34.2 Å². The Morgan fingerprint density at radius 1 is 1.39 bits per heavy atom. The number of para-hydroxylation sites is 1. The summed E-state index contributed by atoms with van der Waals surface area (Å²) in [4.78, 5) is 16.0. The van der Waals surface area contributed by atoms with Gasteiger partial charge in [0.1, 0.15) is 16.2 Å². The number of hydrogen-bond acceptors (Lipinski definition) is 4. The largest absolute Gasteiger partial charge is 0.435 e. The molecule has 90 valence electrons. The first kappa shape index (κ1) is 11.7. The third kappa shape index (κ3) is 1.72. The molecule has 5 nitrogen and oxygen atoms in total. The predicted octanol–water partition coefficient (Wildman–Crippen LogP) is 2.63. The van der Waals surface area contributed by atoms with Crippen molar-refractivity contribution in [2.45, 2.75) is 0 Å². The Morgan fingerprint density at radius 2 is 2.22 bits per heavy atom. The van der Waals surface area contributed by atoms with E-state index in [0.717, 1.165) is 0 Å². The molecule has 18 heavy (non-hydrogen) atoms. The maximum Gasteiger partial charge on any atom is 0.239 e. The Morgan fingerprint density at radius 3 is 2.94 bits per heavy atom. The number of hydrogen-bond donors (Lipinski definition) is 0. The Bertz CT molecular complexity index is 783. The Labute approximate surface area is 120 Å². The van der Waals surface area contributed by atoms with E-state index in [1.807, 2.05) is 22.6 Å². The lowest BCUT2D eigenvalue weighted by Crippen LogP contribution is -2.11. The zero-order valence-corrected chi connectivity index (χ0v) is 11.7. The van der Waals surface area contributed by atoms with E-state index in [1.165, 1.54) is 17.3 Å². The fourth-order valence-corrected chi connectivity index (χ4v) is 2.47. The summed E-state index contributed by atoms with van der Waals surface area (Å²) in [7, 11) is 0. The smallest absolute Gasteiger partial charge is 0.239 e. The van der Waals surface area contributed by atoms with Crippen LogP contribution in [0.15, 0.2) is 40.1 Å². The summed E-state index contributed by atoms with van der Waals surface area (Å²) in [6, 6.07) is 5.07. The molecule has 2 heterocycles. The summed E-state index contributed by atoms with van der Waals surface area (Å²) < 4.78 is 7.50. The summed E-state index contributed by atoms with van der Waals surface area (Å²) >= 11 is 7.96. The van der Waals surface area contributed by atoms with Crippen molar-refractivity contribution < 1.29 is 4.42 Å². The Kier molecular flexibility index (Phi) is 2.83. The molecule has 0 saturated carbocycles. The van der Waals surface area contributed by atoms with Gasteiger partial charge in [0.05, 0.1) is 10.4 Å². The molecule has 0 saturated heterocycles. The van der Waals surface area contributed by atoms with Crippen LogP contribution in [0.25, 0.3) is 16.9 Å². The molecule has 0 radical (unpaired) electrons. The minimum atomic E-state index is -0.134. The standard InChI is InChI=1S/C11H5ClIN3O2/c12-7-3-1-2-6-9(17)8(13)11(18-10(6)7)16-5-14-4-15-16/h1-5H. The number of rotatable bonds is 1. The monoisotopic (exact) mass is 373 g/mol. The van der Waals surface area contributed by atoms with Crippen LogP contribution in [0.4, 0.5) is 0 Å². The normalized spacial score (nSPS) is 11.0. The highest BCUT2D eigenvalue weighted by Crippen LogP contribution is 2.25. The number of benzene rings is 1. The van der Waals surface area contributed by atoms with Crippen molar-refractivity contribution >= 4 is 45.2 Å². The quantitative estimate of drug-likeness (QED) is 0.615. The molecule has 0 N–H and O–H groups in total. The first-order chi connectivity index (χ1) is 8.68. The molecule has 3 aromatic rings. The Balaban J connectivity index is 2.45. The van der Waals surface area contributed by atoms with Crippen LogP contribution in [0, 0.1) is 3.57 Å². The van der Waals surface area contributed by atoms with Gasteiger partial charge >= 0.3 is 0 Å². The third-order valence-corrected chi connectivity index (χ3v) is 3.67. The lowest BCUT2D eigenvalue weighted by atomic mass is 10.2. The fourth-order valence-electron chi connectivity index (χ4n) is 1.61. The number of aromatic nitrogens is 3. The van der Waals surface area contributed by atoms with Crippen LogP contribution in [0.2, 0.25) is 5.02 Å². The molecule has 2 aromatic heterocycles. The summed E-state index contributed by atoms with van der Waals surface area (Å²) in [6.45, 7) is 0. The topological polar surface area (TPSA) is 60.9 Å². The number of halogens is 2. The highest BCUT2D eigenvalue weighted by molar-refractivity contribution is 14.1. The van der Waals surface area contributed by atoms with E-state index in [2.05, 4.69) is 10.1 Å². The molecule has 0 spiro atoms. The maximum atomic E-state index is 12.2. The molecule has 7 heteroatoms. The first-order valence-electron chi connectivity index (χ1n) is 4.94. The van der Waals surface area contributed by atoms with Gasteiger partial charge in [-0.25, -0.2) is 4.98 Å². The number of nitrogens with zero attached hydrogens (tertiary/aromatic N) is 3. The van der Waals surface area contributed by atoms with E-state index < -0.39 is 0 Å². The number of fused-ring (bicyclic) bond motifs is 1. The summed E-state index contributed by atoms with van der Waals surface area (Å²) in [5.74, 6) is 0.318. The van der Waals surface area contributed by atoms with E-state index in [-0.39, 0.29) is 5.43 Å². The molecule has 0 aliphatic rings. The van der Waals surface area contributed by atoms with Gasteiger partial charge in [0.25, 0.3) is 0 Å². The molecule has 0 aliphatic carbocycles. The molecular weight excluding hydrogens is 368 g/mol. The van der Waals surface area contributed by atoms with Crippen LogP contribution in [0.1, 0.15) is 0 Å². The van der Waals surface area contributed by atoms with Gasteiger partial charge in [-0.15, -0.1) is 0 Å². The van der Waals surface area contributed by atoms with Gasteiger partial charge in [-0.2, -0.15) is 9.78 Å². The van der Waals surface area contributed by atoms with E-state index in [4.69, 9.17) is 16.0 Å². The first-order valence-corrected chi connectivity index (χ1v) is 6.40. The van der Waals surface area contributed by atoms with Gasteiger partial charge in [0.2, 0.25) is 11.3 Å². The zero-order chi connectivity index (χ0) is 12.7. The average molecular weight is 374 g/mol. The molecule has 3 rings (SSSR count). The molecule has 0 bridgehead atoms. The molecule has 0 aliphatic heterocycles. The van der Waals surface area contributed by atoms with Gasteiger partial charge in [0.15, 0.2) is 5.58 Å². The molecule has 0 amide bonds. The fraction of sp³-hybridized carbons (Fsp3) is 0. The molecule has 1 aromatic carbocycles. The summed E-state index contributed by atoms with van der Waals surface area (Å²) in [5, 5.41) is 4.80.